The molecule has 0 spiro atoms. The van der Waals surface area contributed by atoms with Crippen molar-refractivity contribution in [3.63, 3.8) is 0 Å². The number of aromatic nitrogens is 2. The number of nitrogens with zero attached hydrogens (tertiary/aromatic N) is 2. The molecular weight excluding hydrogens is 352 g/mol. The topological polar surface area (TPSA) is 86.5 Å². The zero-order valence-electron chi connectivity index (χ0n) is 16.9. The van der Waals surface area contributed by atoms with Crippen molar-refractivity contribution in [2.24, 2.45) is 22.7 Å². The van der Waals surface area contributed by atoms with E-state index in [2.05, 4.69) is 30.1 Å². The van der Waals surface area contributed by atoms with Crippen LogP contribution in [-0.2, 0) is 5.60 Å². The fraction of sp³-hybridized carbons (Fsp3) is 0.739. The highest BCUT2D eigenvalue weighted by Crippen LogP contribution is 2.71. The van der Waals surface area contributed by atoms with Crippen molar-refractivity contribution in [1.29, 1.82) is 0 Å². The predicted molar refractivity (Wildman–Crippen MR) is 105 cm³/mol. The summed E-state index contributed by atoms with van der Waals surface area (Å²) in [5.74, 6) is 0.600. The maximum Gasteiger partial charge on any atom is 0.0994 e. The number of hydrogen-bond acceptors (Lipinski definition) is 5. The Balaban J connectivity index is 1.55. The summed E-state index contributed by atoms with van der Waals surface area (Å²) in [5, 5.41) is 42.0. The van der Waals surface area contributed by atoms with Gasteiger partial charge in [0, 0.05) is 17.2 Å². The van der Waals surface area contributed by atoms with Gasteiger partial charge < -0.3 is 15.3 Å². The van der Waals surface area contributed by atoms with Crippen molar-refractivity contribution < 1.29 is 15.3 Å². The van der Waals surface area contributed by atoms with E-state index in [0.29, 0.717) is 18.8 Å². The van der Waals surface area contributed by atoms with Gasteiger partial charge in [0.25, 0.3) is 0 Å². The second-order valence-electron chi connectivity index (χ2n) is 10.3. The Morgan fingerprint density at radius 3 is 2.54 bits per heavy atom. The summed E-state index contributed by atoms with van der Waals surface area (Å²) in [6, 6.07) is 1.85. The van der Waals surface area contributed by atoms with Gasteiger partial charge in [-0.2, -0.15) is 10.2 Å². The van der Waals surface area contributed by atoms with Crippen LogP contribution in [0.1, 0.15) is 70.8 Å². The van der Waals surface area contributed by atoms with Crippen LogP contribution in [0.25, 0.3) is 0 Å². The molecule has 3 saturated carbocycles. The summed E-state index contributed by atoms with van der Waals surface area (Å²) in [5.41, 5.74) is -0.288. The molecule has 0 amide bonds. The molecule has 1 aromatic rings. The molecule has 0 unspecified atom stereocenters. The summed E-state index contributed by atoms with van der Waals surface area (Å²) in [7, 11) is 0. The standard InChI is InChI=1S/C23H32N2O3/c1-20-8-5-17(26)13-15(20)3-4-19-18(20)6-9-21(2)22(27,10-11-23(19,21)28)16-7-12-24-25-14-16/h7,12-14,17-19,26-28H,3-6,8-11H2,1-2H3/t17-,18-,19+,20-,21+,22-,23-/m0/s1. The molecule has 5 rings (SSSR count). The molecule has 0 radical (unpaired) electrons. The Hall–Kier alpha value is -1.30. The molecule has 1 aromatic heterocycles. The van der Waals surface area contributed by atoms with Gasteiger partial charge in [-0.3, -0.25) is 0 Å². The Morgan fingerprint density at radius 2 is 1.79 bits per heavy atom. The monoisotopic (exact) mass is 384 g/mol. The number of fused-ring (bicyclic) bond motifs is 5. The van der Waals surface area contributed by atoms with E-state index in [1.807, 2.05) is 6.07 Å². The number of rotatable bonds is 1. The van der Waals surface area contributed by atoms with Crippen LogP contribution in [0.15, 0.2) is 30.1 Å². The van der Waals surface area contributed by atoms with E-state index in [4.69, 9.17) is 0 Å². The quantitative estimate of drug-likeness (QED) is 0.648. The third-order valence-electron chi connectivity index (χ3n) is 9.48. The lowest BCUT2D eigenvalue weighted by atomic mass is 9.44. The van der Waals surface area contributed by atoms with Crippen molar-refractivity contribution in [3.05, 3.63) is 35.7 Å². The van der Waals surface area contributed by atoms with E-state index < -0.39 is 16.6 Å². The summed E-state index contributed by atoms with van der Waals surface area (Å²) in [4.78, 5) is 0. The van der Waals surface area contributed by atoms with Gasteiger partial charge in [0.1, 0.15) is 0 Å². The van der Waals surface area contributed by atoms with Crippen LogP contribution in [-0.4, -0.2) is 37.2 Å². The highest BCUT2D eigenvalue weighted by Gasteiger charge is 2.71. The summed E-state index contributed by atoms with van der Waals surface area (Å²) < 4.78 is 0. The molecular formula is C23H32N2O3. The average Bonchev–Trinajstić information content (AvgIpc) is 2.91. The minimum atomic E-state index is -1.07. The zero-order valence-corrected chi connectivity index (χ0v) is 16.9. The molecule has 4 aliphatic carbocycles. The lowest BCUT2D eigenvalue weighted by Crippen LogP contribution is -2.63. The largest absolute Gasteiger partial charge is 0.389 e. The fourth-order valence-corrected chi connectivity index (χ4v) is 7.70. The predicted octanol–water partition coefficient (Wildman–Crippen LogP) is 3.10. The Kier molecular flexibility index (Phi) is 3.92. The molecule has 0 aromatic carbocycles. The molecule has 5 heteroatoms. The minimum Gasteiger partial charge on any atom is -0.389 e. The number of allylic oxidation sites excluding steroid dienone is 1. The average molecular weight is 385 g/mol. The summed E-state index contributed by atoms with van der Waals surface area (Å²) in [6.45, 7) is 4.44. The SMILES string of the molecule is C[C@]12CC[C@H]3[C@@H](CCC4=C[C@@H](O)CC[C@@]43C)[C@@]1(O)CC[C@]2(O)c1ccnnc1. The van der Waals surface area contributed by atoms with Gasteiger partial charge in [-0.15, -0.1) is 0 Å². The van der Waals surface area contributed by atoms with Gasteiger partial charge >= 0.3 is 0 Å². The van der Waals surface area contributed by atoms with Crippen molar-refractivity contribution in [1.82, 2.24) is 10.2 Å². The second kappa shape index (κ2) is 5.87. The minimum absolute atomic E-state index is 0.0676. The Labute approximate surface area is 166 Å². The van der Waals surface area contributed by atoms with Gasteiger partial charge in [0.15, 0.2) is 0 Å². The molecule has 3 fully saturated rings. The first-order chi connectivity index (χ1) is 13.2. The molecule has 1 heterocycles. The molecule has 0 aliphatic heterocycles. The van der Waals surface area contributed by atoms with Gasteiger partial charge in [-0.1, -0.05) is 25.5 Å². The highest BCUT2D eigenvalue weighted by molar-refractivity contribution is 5.33. The lowest BCUT2D eigenvalue weighted by Gasteiger charge is -2.62. The maximum atomic E-state index is 12.2. The third kappa shape index (κ3) is 2.13. The Bertz CT molecular complexity index is 813. The maximum absolute atomic E-state index is 12.2. The van der Waals surface area contributed by atoms with E-state index in [9.17, 15) is 15.3 Å². The van der Waals surface area contributed by atoms with Crippen LogP contribution in [0.5, 0.6) is 0 Å². The first-order valence-corrected chi connectivity index (χ1v) is 10.9. The first kappa shape index (κ1) is 18.7. The van der Waals surface area contributed by atoms with Crippen LogP contribution in [0, 0.1) is 22.7 Å². The van der Waals surface area contributed by atoms with Crippen LogP contribution in [0.4, 0.5) is 0 Å². The van der Waals surface area contributed by atoms with Crippen LogP contribution >= 0.6 is 0 Å². The molecule has 4 aliphatic rings. The first-order valence-electron chi connectivity index (χ1n) is 10.9. The fourth-order valence-electron chi connectivity index (χ4n) is 7.70. The second-order valence-corrected chi connectivity index (χ2v) is 10.3. The van der Waals surface area contributed by atoms with Crippen LogP contribution < -0.4 is 0 Å². The van der Waals surface area contributed by atoms with Crippen molar-refractivity contribution in [2.45, 2.75) is 82.5 Å². The van der Waals surface area contributed by atoms with Crippen molar-refractivity contribution in [3.8, 4) is 0 Å². The van der Waals surface area contributed by atoms with E-state index in [0.717, 1.165) is 44.1 Å². The Morgan fingerprint density at radius 1 is 0.964 bits per heavy atom. The van der Waals surface area contributed by atoms with Gasteiger partial charge in [-0.05, 0) is 74.7 Å². The van der Waals surface area contributed by atoms with Gasteiger partial charge in [-0.25, -0.2) is 0 Å². The van der Waals surface area contributed by atoms with Gasteiger partial charge in [0.05, 0.1) is 23.5 Å². The zero-order chi connectivity index (χ0) is 19.8. The molecule has 152 valence electrons. The molecule has 7 atom stereocenters. The van der Waals surface area contributed by atoms with E-state index >= 15 is 0 Å². The van der Waals surface area contributed by atoms with E-state index in [1.165, 1.54) is 5.57 Å². The van der Waals surface area contributed by atoms with Crippen molar-refractivity contribution >= 4 is 0 Å². The molecule has 0 bridgehead atoms. The molecule has 0 saturated heterocycles. The van der Waals surface area contributed by atoms with Crippen LogP contribution in [0.2, 0.25) is 0 Å². The van der Waals surface area contributed by atoms with E-state index in [1.54, 1.807) is 12.4 Å². The lowest BCUT2D eigenvalue weighted by molar-refractivity contribution is -0.221. The van der Waals surface area contributed by atoms with Crippen molar-refractivity contribution in [2.75, 3.05) is 0 Å². The van der Waals surface area contributed by atoms with Gasteiger partial charge in [0.2, 0.25) is 0 Å². The highest BCUT2D eigenvalue weighted by atomic mass is 16.3. The van der Waals surface area contributed by atoms with Crippen LogP contribution in [0.3, 0.4) is 0 Å². The molecule has 5 nitrogen and oxygen atoms in total. The third-order valence-corrected chi connectivity index (χ3v) is 9.48. The normalized spacial score (nSPS) is 50.3. The molecule has 28 heavy (non-hydrogen) atoms. The molecule has 3 N–H and O–H groups in total. The number of aliphatic hydroxyl groups is 3. The number of hydrogen-bond donors (Lipinski definition) is 3. The number of aliphatic hydroxyl groups excluding tert-OH is 1. The summed E-state index contributed by atoms with van der Waals surface area (Å²) >= 11 is 0. The smallest absolute Gasteiger partial charge is 0.0994 e. The van der Waals surface area contributed by atoms with E-state index in [-0.39, 0.29) is 17.4 Å². The summed E-state index contributed by atoms with van der Waals surface area (Å²) in [6.07, 6.45) is 11.8.